The molecule has 5 rings (SSSR count). The van der Waals surface area contributed by atoms with Gasteiger partial charge < -0.3 is 20.4 Å². The van der Waals surface area contributed by atoms with E-state index in [1.54, 1.807) is 6.07 Å². The first kappa shape index (κ1) is 24.7. The highest BCUT2D eigenvalue weighted by molar-refractivity contribution is 6.25. The van der Waals surface area contributed by atoms with Crippen molar-refractivity contribution in [1.82, 2.24) is 0 Å². The van der Waals surface area contributed by atoms with Crippen molar-refractivity contribution in [3.8, 4) is 16.9 Å². The summed E-state index contributed by atoms with van der Waals surface area (Å²) in [6.45, 7) is 7.01. The molecule has 4 N–H and O–H groups in total. The normalized spacial score (nSPS) is 24.9. The van der Waals surface area contributed by atoms with Crippen LogP contribution in [-0.4, -0.2) is 43.4 Å². The van der Waals surface area contributed by atoms with Crippen LogP contribution in [0.3, 0.4) is 0 Å². The minimum Gasteiger partial charge on any atom is -0.511 e. The van der Waals surface area contributed by atoms with Gasteiger partial charge in [0.25, 0.3) is 0 Å². The minimum absolute atomic E-state index is 0.0242. The third-order valence-corrected chi connectivity index (χ3v) is 7.79. The van der Waals surface area contributed by atoms with Gasteiger partial charge in [-0.3, -0.25) is 14.4 Å². The van der Waals surface area contributed by atoms with Crippen LogP contribution in [0.1, 0.15) is 48.2 Å². The number of hydrogen-bond donors (Lipinski definition) is 4. The SMILES string of the molecule is C=C(C)Cc1cccc(-c2ccc(O)c3c2C[C@H]2C[C@H]4CC(O)=C(C(C)=O)C(=O)[C@@]4(O)C(O)=C2C3=O)c1. The van der Waals surface area contributed by atoms with Gasteiger partial charge in [-0.25, -0.2) is 0 Å². The Hall–Kier alpha value is -3.97. The first-order valence-electron chi connectivity index (χ1n) is 12.2. The van der Waals surface area contributed by atoms with Crippen LogP contribution in [0.5, 0.6) is 5.75 Å². The van der Waals surface area contributed by atoms with Crippen molar-refractivity contribution in [2.75, 3.05) is 0 Å². The molecule has 3 aliphatic rings. The Balaban J connectivity index is 1.65. The summed E-state index contributed by atoms with van der Waals surface area (Å²) >= 11 is 0. The number of rotatable bonds is 4. The second-order valence-electron chi connectivity index (χ2n) is 10.4. The lowest BCUT2D eigenvalue weighted by Crippen LogP contribution is -2.56. The molecule has 7 heteroatoms. The standard InChI is InChI=1S/C30H28O7/c1-14(2)9-16-5-4-6-17(10-16)20-7-8-22(32)26-21(20)12-18-11-19-13-23(33)24(15(3)31)28(35)30(19,37)29(36)25(18)27(26)34/h4-8,10,18-19,32-33,36-37H,1,9,11-13H2,2-3H3/t18-,19+,30-/m1/s1. The molecule has 0 unspecified atom stereocenters. The summed E-state index contributed by atoms with van der Waals surface area (Å²) in [6, 6.07) is 11.0. The number of aromatic hydroxyl groups is 1. The Labute approximate surface area is 214 Å². The summed E-state index contributed by atoms with van der Waals surface area (Å²) < 4.78 is 0. The molecule has 0 aromatic heterocycles. The van der Waals surface area contributed by atoms with E-state index in [1.165, 1.54) is 6.07 Å². The van der Waals surface area contributed by atoms with Gasteiger partial charge in [-0.1, -0.05) is 42.5 Å². The van der Waals surface area contributed by atoms with Gasteiger partial charge in [0, 0.05) is 17.9 Å². The summed E-state index contributed by atoms with van der Waals surface area (Å²) in [5.41, 5.74) is 1.16. The molecule has 0 heterocycles. The largest absolute Gasteiger partial charge is 0.511 e. The lowest BCUT2D eigenvalue weighted by Gasteiger charge is -2.45. The molecule has 2 aromatic carbocycles. The zero-order chi connectivity index (χ0) is 26.8. The van der Waals surface area contributed by atoms with Crippen LogP contribution in [-0.2, 0) is 22.4 Å². The van der Waals surface area contributed by atoms with Crippen molar-refractivity contribution < 1.29 is 34.8 Å². The number of fused-ring (bicyclic) bond motifs is 3. The Morgan fingerprint density at radius 2 is 1.81 bits per heavy atom. The van der Waals surface area contributed by atoms with Crippen LogP contribution < -0.4 is 0 Å². The van der Waals surface area contributed by atoms with E-state index in [0.29, 0.717) is 12.0 Å². The second-order valence-corrected chi connectivity index (χ2v) is 10.4. The summed E-state index contributed by atoms with van der Waals surface area (Å²) in [4.78, 5) is 38.9. The monoisotopic (exact) mass is 500 g/mol. The van der Waals surface area contributed by atoms with Crippen molar-refractivity contribution >= 4 is 17.3 Å². The Morgan fingerprint density at radius 1 is 1.08 bits per heavy atom. The topological polar surface area (TPSA) is 132 Å². The molecule has 0 radical (unpaired) electrons. The summed E-state index contributed by atoms with van der Waals surface area (Å²) in [5, 5.41) is 43.7. The average Bonchev–Trinajstić information content (AvgIpc) is 2.81. The zero-order valence-electron chi connectivity index (χ0n) is 20.7. The molecule has 0 fully saturated rings. The van der Waals surface area contributed by atoms with E-state index in [0.717, 1.165) is 29.2 Å². The van der Waals surface area contributed by atoms with Crippen molar-refractivity contribution in [1.29, 1.82) is 0 Å². The molecule has 2 aromatic rings. The second kappa shape index (κ2) is 8.56. The highest BCUT2D eigenvalue weighted by Crippen LogP contribution is 2.52. The maximum Gasteiger partial charge on any atom is 0.209 e. The molecule has 0 aliphatic heterocycles. The van der Waals surface area contributed by atoms with Gasteiger partial charge in [-0.05, 0) is 67.3 Å². The third kappa shape index (κ3) is 3.64. The van der Waals surface area contributed by atoms with E-state index in [2.05, 4.69) is 6.58 Å². The molecule has 3 atom stereocenters. The van der Waals surface area contributed by atoms with Crippen molar-refractivity contribution in [2.45, 2.75) is 45.1 Å². The fraction of sp³-hybridized carbons (Fsp3) is 0.300. The number of carbonyl (C=O) groups is 3. The van der Waals surface area contributed by atoms with Crippen LogP contribution in [0.2, 0.25) is 0 Å². The number of Topliss-reactive ketones (excluding diaryl/α,β-unsaturated/α-hetero) is 3. The zero-order valence-corrected chi connectivity index (χ0v) is 20.7. The number of hydrogen-bond acceptors (Lipinski definition) is 7. The van der Waals surface area contributed by atoms with Crippen LogP contribution in [0, 0.1) is 11.8 Å². The molecule has 0 saturated carbocycles. The van der Waals surface area contributed by atoms with E-state index in [9.17, 15) is 34.8 Å². The first-order valence-corrected chi connectivity index (χ1v) is 12.2. The Kier molecular flexibility index (Phi) is 5.72. The van der Waals surface area contributed by atoms with Gasteiger partial charge >= 0.3 is 0 Å². The lowest BCUT2D eigenvalue weighted by molar-refractivity contribution is -0.144. The number of phenols is 1. The molecule has 7 nitrogen and oxygen atoms in total. The smallest absolute Gasteiger partial charge is 0.209 e. The van der Waals surface area contributed by atoms with Gasteiger partial charge in [0.2, 0.25) is 5.78 Å². The van der Waals surface area contributed by atoms with E-state index >= 15 is 0 Å². The van der Waals surface area contributed by atoms with Crippen LogP contribution >= 0.6 is 0 Å². The number of carbonyl (C=O) groups excluding carboxylic acids is 3. The maximum atomic E-state index is 13.7. The number of ketones is 3. The number of allylic oxidation sites excluding steroid dienone is 3. The highest BCUT2D eigenvalue weighted by atomic mass is 16.3. The highest BCUT2D eigenvalue weighted by Gasteiger charge is 2.59. The maximum absolute atomic E-state index is 13.7. The summed E-state index contributed by atoms with van der Waals surface area (Å²) in [7, 11) is 0. The lowest BCUT2D eigenvalue weighted by atomic mass is 9.60. The molecular formula is C30H28O7. The molecular weight excluding hydrogens is 472 g/mol. The molecule has 0 spiro atoms. The Morgan fingerprint density at radius 3 is 2.49 bits per heavy atom. The minimum atomic E-state index is -2.49. The van der Waals surface area contributed by atoms with Crippen LogP contribution in [0.25, 0.3) is 11.1 Å². The van der Waals surface area contributed by atoms with Gasteiger partial charge in [0.1, 0.15) is 22.8 Å². The van der Waals surface area contributed by atoms with Crippen molar-refractivity contribution in [2.24, 2.45) is 11.8 Å². The third-order valence-electron chi connectivity index (χ3n) is 7.79. The van der Waals surface area contributed by atoms with E-state index in [1.807, 2.05) is 31.2 Å². The van der Waals surface area contributed by atoms with E-state index in [-0.39, 0.29) is 36.1 Å². The average molecular weight is 501 g/mol. The number of phenolic OH excluding ortho intramolecular Hbond substituents is 1. The van der Waals surface area contributed by atoms with Crippen LogP contribution in [0.4, 0.5) is 0 Å². The molecule has 3 aliphatic carbocycles. The molecule has 0 saturated heterocycles. The number of aliphatic hydroxyl groups excluding tert-OH is 2. The van der Waals surface area contributed by atoms with Gasteiger partial charge in [-0.2, -0.15) is 0 Å². The fourth-order valence-electron chi connectivity index (χ4n) is 6.20. The van der Waals surface area contributed by atoms with Crippen molar-refractivity contribution in [3.63, 3.8) is 0 Å². The quantitative estimate of drug-likeness (QED) is 0.360. The fourth-order valence-corrected chi connectivity index (χ4v) is 6.20. The van der Waals surface area contributed by atoms with E-state index < -0.39 is 51.9 Å². The van der Waals surface area contributed by atoms with Gasteiger partial charge in [0.15, 0.2) is 17.2 Å². The molecule has 0 bridgehead atoms. The first-order chi connectivity index (χ1) is 17.4. The number of aliphatic hydroxyl groups is 3. The summed E-state index contributed by atoms with van der Waals surface area (Å²) in [6.07, 6.45) is 0.929. The Bertz CT molecular complexity index is 1470. The van der Waals surface area contributed by atoms with Gasteiger partial charge in [0.05, 0.1) is 5.56 Å². The van der Waals surface area contributed by atoms with Crippen LogP contribution in [0.15, 0.2) is 71.2 Å². The predicted molar refractivity (Wildman–Crippen MR) is 136 cm³/mol. The van der Waals surface area contributed by atoms with Crippen molar-refractivity contribution in [3.05, 3.63) is 87.9 Å². The van der Waals surface area contributed by atoms with Gasteiger partial charge in [-0.15, -0.1) is 0 Å². The molecule has 190 valence electrons. The van der Waals surface area contributed by atoms with E-state index in [4.69, 9.17) is 0 Å². The molecule has 0 amide bonds. The number of benzene rings is 2. The predicted octanol–water partition coefficient (Wildman–Crippen LogP) is 4.47. The molecule has 37 heavy (non-hydrogen) atoms. The summed E-state index contributed by atoms with van der Waals surface area (Å²) in [5.74, 6) is -5.44.